The van der Waals surface area contributed by atoms with E-state index in [-0.39, 0.29) is 0 Å². The Morgan fingerprint density at radius 1 is 1.00 bits per heavy atom. The van der Waals surface area contributed by atoms with Crippen molar-refractivity contribution in [2.75, 3.05) is 26.2 Å². The maximum Gasteiger partial charge on any atom is 0.00671 e. The monoisotopic (exact) mass is 282 g/mol. The SMILES string of the molecule is CCCCCC(CCCCC)NCC1CCN(CC)C1. The standard InChI is InChI=1S/C18H38N2/c1-4-7-9-11-18(12-10-8-5-2)19-15-17-13-14-20(6-3)16-17/h17-19H,4-16H2,1-3H3. The van der Waals surface area contributed by atoms with E-state index in [9.17, 15) is 0 Å². The van der Waals surface area contributed by atoms with E-state index in [2.05, 4.69) is 31.0 Å². The van der Waals surface area contributed by atoms with Crippen LogP contribution in [0.1, 0.15) is 78.6 Å². The van der Waals surface area contributed by atoms with Crippen LogP contribution in [-0.2, 0) is 0 Å². The van der Waals surface area contributed by atoms with Gasteiger partial charge in [-0.05, 0) is 44.8 Å². The van der Waals surface area contributed by atoms with Crippen LogP contribution < -0.4 is 5.32 Å². The molecular formula is C18H38N2. The summed E-state index contributed by atoms with van der Waals surface area (Å²) in [6.45, 7) is 12.0. The van der Waals surface area contributed by atoms with Gasteiger partial charge in [0.05, 0.1) is 0 Å². The molecule has 2 nitrogen and oxygen atoms in total. The molecule has 120 valence electrons. The van der Waals surface area contributed by atoms with Gasteiger partial charge in [-0.15, -0.1) is 0 Å². The zero-order valence-corrected chi connectivity index (χ0v) is 14.3. The Morgan fingerprint density at radius 3 is 2.15 bits per heavy atom. The normalized spacial score (nSPS) is 20.1. The summed E-state index contributed by atoms with van der Waals surface area (Å²) in [5.74, 6) is 0.898. The molecular weight excluding hydrogens is 244 g/mol. The lowest BCUT2D eigenvalue weighted by Gasteiger charge is -2.21. The van der Waals surface area contributed by atoms with Crippen molar-refractivity contribution >= 4 is 0 Å². The highest BCUT2D eigenvalue weighted by atomic mass is 15.1. The van der Waals surface area contributed by atoms with Crippen LogP contribution in [0.3, 0.4) is 0 Å². The van der Waals surface area contributed by atoms with E-state index >= 15 is 0 Å². The van der Waals surface area contributed by atoms with Gasteiger partial charge in [0, 0.05) is 12.6 Å². The molecule has 20 heavy (non-hydrogen) atoms. The molecule has 0 aromatic rings. The van der Waals surface area contributed by atoms with Gasteiger partial charge in [0.2, 0.25) is 0 Å². The summed E-state index contributed by atoms with van der Waals surface area (Å²) in [4.78, 5) is 2.59. The van der Waals surface area contributed by atoms with Crippen molar-refractivity contribution in [2.24, 2.45) is 5.92 Å². The molecule has 0 saturated carbocycles. The highest BCUT2D eigenvalue weighted by Crippen LogP contribution is 2.16. The molecule has 0 bridgehead atoms. The van der Waals surface area contributed by atoms with E-state index in [1.807, 2.05) is 0 Å². The van der Waals surface area contributed by atoms with Crippen LogP contribution in [0.2, 0.25) is 0 Å². The Kier molecular flexibility index (Phi) is 10.4. The molecule has 2 heteroatoms. The van der Waals surface area contributed by atoms with Gasteiger partial charge in [0.15, 0.2) is 0 Å². The zero-order chi connectivity index (χ0) is 14.6. The fourth-order valence-corrected chi connectivity index (χ4v) is 3.33. The minimum atomic E-state index is 0.781. The summed E-state index contributed by atoms with van der Waals surface area (Å²) in [5.41, 5.74) is 0. The van der Waals surface area contributed by atoms with E-state index in [1.54, 1.807) is 0 Å². The van der Waals surface area contributed by atoms with E-state index in [1.165, 1.54) is 84.0 Å². The molecule has 1 rings (SSSR count). The highest BCUT2D eigenvalue weighted by molar-refractivity contribution is 4.78. The molecule has 0 amide bonds. The van der Waals surface area contributed by atoms with Crippen LogP contribution in [0.4, 0.5) is 0 Å². The second-order valence-corrected chi connectivity index (χ2v) is 6.64. The van der Waals surface area contributed by atoms with Crippen molar-refractivity contribution < 1.29 is 0 Å². The molecule has 1 N–H and O–H groups in total. The molecule has 1 heterocycles. The molecule has 0 aromatic heterocycles. The second-order valence-electron chi connectivity index (χ2n) is 6.64. The molecule has 0 aromatic carbocycles. The number of nitrogens with one attached hydrogen (secondary N) is 1. The van der Waals surface area contributed by atoms with E-state index in [0.29, 0.717) is 0 Å². The van der Waals surface area contributed by atoms with Gasteiger partial charge in [0.25, 0.3) is 0 Å². The first kappa shape index (κ1) is 18.0. The Hall–Kier alpha value is -0.0800. The minimum absolute atomic E-state index is 0.781. The topological polar surface area (TPSA) is 15.3 Å². The molecule has 1 aliphatic rings. The Balaban J connectivity index is 2.20. The lowest BCUT2D eigenvalue weighted by Crippen LogP contribution is -2.34. The summed E-state index contributed by atoms with van der Waals surface area (Å²) in [5, 5.41) is 3.90. The van der Waals surface area contributed by atoms with Crippen molar-refractivity contribution in [1.82, 2.24) is 10.2 Å². The minimum Gasteiger partial charge on any atom is -0.314 e. The van der Waals surface area contributed by atoms with E-state index in [4.69, 9.17) is 0 Å². The predicted octanol–water partition coefficient (Wildman–Crippen LogP) is 4.45. The first-order valence-corrected chi connectivity index (χ1v) is 9.25. The number of rotatable bonds is 12. The van der Waals surface area contributed by atoms with Crippen LogP contribution in [-0.4, -0.2) is 37.1 Å². The number of nitrogens with zero attached hydrogens (tertiary/aromatic N) is 1. The quantitative estimate of drug-likeness (QED) is 0.532. The van der Waals surface area contributed by atoms with Crippen LogP contribution >= 0.6 is 0 Å². The molecule has 1 aliphatic heterocycles. The summed E-state index contributed by atoms with van der Waals surface area (Å²) in [7, 11) is 0. The maximum atomic E-state index is 3.90. The third kappa shape index (κ3) is 7.64. The smallest absolute Gasteiger partial charge is 0.00671 e. The van der Waals surface area contributed by atoms with Gasteiger partial charge in [-0.25, -0.2) is 0 Å². The summed E-state index contributed by atoms with van der Waals surface area (Å²) in [6, 6.07) is 0.781. The van der Waals surface area contributed by atoms with Crippen LogP contribution in [0.15, 0.2) is 0 Å². The van der Waals surface area contributed by atoms with Crippen molar-refractivity contribution in [3.8, 4) is 0 Å². The first-order chi connectivity index (χ1) is 9.80. The first-order valence-electron chi connectivity index (χ1n) is 9.25. The molecule has 0 radical (unpaired) electrons. The fraction of sp³-hybridized carbons (Fsp3) is 1.00. The van der Waals surface area contributed by atoms with Gasteiger partial charge in [-0.2, -0.15) is 0 Å². The lowest BCUT2D eigenvalue weighted by atomic mass is 10.0. The molecule has 0 spiro atoms. The van der Waals surface area contributed by atoms with E-state index < -0.39 is 0 Å². The van der Waals surface area contributed by atoms with Gasteiger partial charge in [-0.1, -0.05) is 59.3 Å². The van der Waals surface area contributed by atoms with Gasteiger partial charge in [0.1, 0.15) is 0 Å². The number of hydrogen-bond donors (Lipinski definition) is 1. The van der Waals surface area contributed by atoms with Crippen molar-refractivity contribution in [3.63, 3.8) is 0 Å². The van der Waals surface area contributed by atoms with Crippen molar-refractivity contribution in [3.05, 3.63) is 0 Å². The van der Waals surface area contributed by atoms with Crippen molar-refractivity contribution in [2.45, 2.75) is 84.6 Å². The molecule has 1 unspecified atom stereocenters. The molecule has 1 saturated heterocycles. The fourth-order valence-electron chi connectivity index (χ4n) is 3.33. The highest BCUT2D eigenvalue weighted by Gasteiger charge is 2.21. The van der Waals surface area contributed by atoms with Crippen LogP contribution in [0.25, 0.3) is 0 Å². The van der Waals surface area contributed by atoms with Gasteiger partial charge >= 0.3 is 0 Å². The van der Waals surface area contributed by atoms with Crippen LogP contribution in [0.5, 0.6) is 0 Å². The zero-order valence-electron chi connectivity index (χ0n) is 14.3. The second kappa shape index (κ2) is 11.6. The Morgan fingerprint density at radius 2 is 1.65 bits per heavy atom. The number of likely N-dealkylation sites (tertiary alicyclic amines) is 1. The molecule has 1 fully saturated rings. The number of unbranched alkanes of at least 4 members (excludes halogenated alkanes) is 4. The third-order valence-electron chi connectivity index (χ3n) is 4.82. The van der Waals surface area contributed by atoms with Gasteiger partial charge in [-0.3, -0.25) is 0 Å². The lowest BCUT2D eigenvalue weighted by molar-refractivity contribution is 0.328. The van der Waals surface area contributed by atoms with Crippen molar-refractivity contribution in [1.29, 1.82) is 0 Å². The van der Waals surface area contributed by atoms with E-state index in [0.717, 1.165) is 12.0 Å². The van der Waals surface area contributed by atoms with Gasteiger partial charge < -0.3 is 10.2 Å². The Labute approximate surface area is 127 Å². The summed E-state index contributed by atoms with van der Waals surface area (Å²) < 4.78 is 0. The third-order valence-corrected chi connectivity index (χ3v) is 4.82. The predicted molar refractivity (Wildman–Crippen MR) is 90.3 cm³/mol. The average Bonchev–Trinajstić information content (AvgIpc) is 2.92. The maximum absolute atomic E-state index is 3.90. The average molecular weight is 283 g/mol. The molecule has 1 atom stereocenters. The summed E-state index contributed by atoms with van der Waals surface area (Å²) >= 11 is 0. The summed E-state index contributed by atoms with van der Waals surface area (Å²) in [6.07, 6.45) is 12.5. The molecule has 0 aliphatic carbocycles. The Bertz CT molecular complexity index is 207. The van der Waals surface area contributed by atoms with Crippen LogP contribution in [0, 0.1) is 5.92 Å². The largest absolute Gasteiger partial charge is 0.314 e. The number of hydrogen-bond acceptors (Lipinski definition) is 2.